The zero-order valence-electron chi connectivity index (χ0n) is 10.8. The van der Waals surface area contributed by atoms with E-state index in [-0.39, 0.29) is 6.04 Å². The van der Waals surface area contributed by atoms with Gasteiger partial charge in [-0.15, -0.1) is 0 Å². The van der Waals surface area contributed by atoms with Gasteiger partial charge in [0.25, 0.3) is 10.0 Å². The second-order valence-electron chi connectivity index (χ2n) is 4.54. The zero-order valence-corrected chi connectivity index (χ0v) is 11.7. The van der Waals surface area contributed by atoms with Crippen LogP contribution in [0, 0.1) is 5.82 Å². The third kappa shape index (κ3) is 3.10. The molecule has 0 amide bonds. The summed E-state index contributed by atoms with van der Waals surface area (Å²) in [7, 11) is -3.86. The van der Waals surface area contributed by atoms with Crippen molar-refractivity contribution in [1.29, 1.82) is 0 Å². The monoisotopic (exact) mass is 287 g/mol. The van der Waals surface area contributed by atoms with Gasteiger partial charge in [0, 0.05) is 25.3 Å². The van der Waals surface area contributed by atoms with Gasteiger partial charge in [-0.3, -0.25) is 0 Å². The topological polar surface area (TPSA) is 62.3 Å². The first-order valence-electron chi connectivity index (χ1n) is 6.39. The molecule has 5 nitrogen and oxygen atoms in total. The molecule has 2 rings (SSSR count). The Morgan fingerprint density at radius 1 is 1.58 bits per heavy atom. The van der Waals surface area contributed by atoms with Gasteiger partial charge < -0.3 is 5.32 Å². The van der Waals surface area contributed by atoms with E-state index < -0.39 is 20.9 Å². The van der Waals surface area contributed by atoms with Crippen molar-refractivity contribution < 1.29 is 12.8 Å². The van der Waals surface area contributed by atoms with Crippen LogP contribution in [-0.4, -0.2) is 43.4 Å². The van der Waals surface area contributed by atoms with Gasteiger partial charge in [-0.1, -0.05) is 6.92 Å². The van der Waals surface area contributed by atoms with E-state index in [2.05, 4.69) is 10.3 Å². The summed E-state index contributed by atoms with van der Waals surface area (Å²) in [6.07, 6.45) is 3.27. The molecule has 0 radical (unpaired) electrons. The van der Waals surface area contributed by atoms with Gasteiger partial charge in [0.1, 0.15) is 0 Å². The molecule has 0 aliphatic carbocycles. The first-order chi connectivity index (χ1) is 9.05. The molecule has 1 fully saturated rings. The fourth-order valence-corrected chi connectivity index (χ4v) is 3.71. The Morgan fingerprint density at radius 3 is 2.95 bits per heavy atom. The summed E-state index contributed by atoms with van der Waals surface area (Å²) in [6.45, 7) is 3.30. The lowest BCUT2D eigenvalue weighted by molar-refractivity contribution is 0.378. The highest BCUT2D eigenvalue weighted by atomic mass is 32.2. The molecule has 7 heteroatoms. The smallest absolute Gasteiger partial charge is 0.263 e. The van der Waals surface area contributed by atoms with E-state index in [9.17, 15) is 12.8 Å². The highest BCUT2D eigenvalue weighted by molar-refractivity contribution is 7.89. The van der Waals surface area contributed by atoms with Gasteiger partial charge in [0.05, 0.1) is 0 Å². The van der Waals surface area contributed by atoms with Crippen LogP contribution in [0.3, 0.4) is 0 Å². The lowest BCUT2D eigenvalue weighted by Crippen LogP contribution is -2.41. The number of halogens is 1. The quantitative estimate of drug-likeness (QED) is 0.877. The van der Waals surface area contributed by atoms with Crippen LogP contribution < -0.4 is 5.32 Å². The summed E-state index contributed by atoms with van der Waals surface area (Å²) in [5.41, 5.74) is 0. The van der Waals surface area contributed by atoms with E-state index in [0.29, 0.717) is 13.1 Å². The van der Waals surface area contributed by atoms with E-state index in [1.807, 2.05) is 0 Å². The summed E-state index contributed by atoms with van der Waals surface area (Å²) >= 11 is 0. The van der Waals surface area contributed by atoms with Crippen LogP contribution in [0.5, 0.6) is 0 Å². The van der Waals surface area contributed by atoms with Gasteiger partial charge in [-0.25, -0.2) is 17.8 Å². The molecule has 106 valence electrons. The number of sulfonamides is 1. The Bertz CT molecular complexity index is 530. The third-order valence-electron chi connectivity index (χ3n) is 3.25. The van der Waals surface area contributed by atoms with Crippen molar-refractivity contribution in [3.8, 4) is 0 Å². The molecule has 1 aliphatic heterocycles. The van der Waals surface area contributed by atoms with Gasteiger partial charge in [0.2, 0.25) is 5.03 Å². The normalized spacial score (nSPS) is 20.1. The summed E-state index contributed by atoms with van der Waals surface area (Å²) in [4.78, 5) is 3.67. The SMILES string of the molecule is CCN(CC1CCCN1)S(=O)(=O)c1ncccc1F. The van der Waals surface area contributed by atoms with Crippen molar-refractivity contribution in [2.75, 3.05) is 19.6 Å². The number of hydrogen-bond acceptors (Lipinski definition) is 4. The molecule has 0 saturated carbocycles. The first kappa shape index (κ1) is 14.4. The van der Waals surface area contributed by atoms with Gasteiger partial charge in [0.15, 0.2) is 5.82 Å². The van der Waals surface area contributed by atoms with Crippen LogP contribution in [-0.2, 0) is 10.0 Å². The molecule has 1 N–H and O–H groups in total. The maximum Gasteiger partial charge on any atom is 0.263 e. The Hall–Kier alpha value is -1.05. The second kappa shape index (κ2) is 5.94. The molecule has 1 aliphatic rings. The van der Waals surface area contributed by atoms with E-state index in [4.69, 9.17) is 0 Å². The predicted octanol–water partition coefficient (Wildman–Crippen LogP) is 0.983. The van der Waals surface area contributed by atoms with E-state index in [1.54, 1.807) is 6.92 Å². The Kier molecular flexibility index (Phi) is 4.49. The maximum atomic E-state index is 13.6. The standard InChI is InChI=1S/C12H18FN3O2S/c1-2-16(9-10-5-3-7-14-10)19(17,18)12-11(13)6-4-8-15-12/h4,6,8,10,14H,2-3,5,7,9H2,1H3. The molecular weight excluding hydrogens is 269 g/mol. The summed E-state index contributed by atoms with van der Waals surface area (Å²) in [6, 6.07) is 2.63. The number of aromatic nitrogens is 1. The van der Waals surface area contributed by atoms with Crippen LogP contribution in [0.25, 0.3) is 0 Å². The Balaban J connectivity index is 2.23. The highest BCUT2D eigenvalue weighted by Gasteiger charge is 2.30. The fraction of sp³-hybridized carbons (Fsp3) is 0.583. The van der Waals surface area contributed by atoms with Gasteiger partial charge in [-0.2, -0.15) is 4.31 Å². The minimum atomic E-state index is -3.86. The van der Waals surface area contributed by atoms with Crippen LogP contribution in [0.1, 0.15) is 19.8 Å². The average molecular weight is 287 g/mol. The highest BCUT2D eigenvalue weighted by Crippen LogP contribution is 2.18. The molecule has 19 heavy (non-hydrogen) atoms. The lowest BCUT2D eigenvalue weighted by atomic mass is 10.2. The molecule has 1 aromatic heterocycles. The molecule has 1 atom stereocenters. The predicted molar refractivity (Wildman–Crippen MR) is 69.7 cm³/mol. The number of rotatable bonds is 5. The average Bonchev–Trinajstić information content (AvgIpc) is 2.89. The van der Waals surface area contributed by atoms with Crippen LogP contribution >= 0.6 is 0 Å². The molecule has 2 heterocycles. The zero-order chi connectivity index (χ0) is 13.9. The molecule has 1 saturated heterocycles. The maximum absolute atomic E-state index is 13.6. The molecule has 1 unspecified atom stereocenters. The summed E-state index contributed by atoms with van der Waals surface area (Å²) in [5.74, 6) is -0.805. The molecule has 0 bridgehead atoms. The Morgan fingerprint density at radius 2 is 2.37 bits per heavy atom. The second-order valence-corrected chi connectivity index (χ2v) is 6.39. The van der Waals surface area contributed by atoms with Gasteiger partial charge >= 0.3 is 0 Å². The van der Waals surface area contributed by atoms with Crippen molar-refractivity contribution >= 4 is 10.0 Å². The van der Waals surface area contributed by atoms with Crippen molar-refractivity contribution in [1.82, 2.24) is 14.6 Å². The first-order valence-corrected chi connectivity index (χ1v) is 7.83. The van der Waals surface area contributed by atoms with Crippen molar-refractivity contribution in [2.45, 2.75) is 30.8 Å². The Labute approximate surface area is 112 Å². The third-order valence-corrected chi connectivity index (χ3v) is 5.12. The van der Waals surface area contributed by atoms with Crippen molar-refractivity contribution in [2.24, 2.45) is 0 Å². The minimum Gasteiger partial charge on any atom is -0.313 e. The van der Waals surface area contributed by atoms with Crippen molar-refractivity contribution in [3.05, 3.63) is 24.1 Å². The van der Waals surface area contributed by atoms with E-state index in [0.717, 1.165) is 25.5 Å². The number of hydrogen-bond donors (Lipinski definition) is 1. The van der Waals surface area contributed by atoms with E-state index in [1.165, 1.54) is 16.6 Å². The molecule has 0 spiro atoms. The van der Waals surface area contributed by atoms with Crippen LogP contribution in [0.4, 0.5) is 4.39 Å². The van der Waals surface area contributed by atoms with Crippen LogP contribution in [0.2, 0.25) is 0 Å². The summed E-state index contributed by atoms with van der Waals surface area (Å²) in [5, 5.41) is 2.75. The summed E-state index contributed by atoms with van der Waals surface area (Å²) < 4.78 is 39.6. The fourth-order valence-electron chi connectivity index (χ4n) is 2.24. The number of nitrogens with one attached hydrogen (secondary N) is 1. The van der Waals surface area contributed by atoms with Gasteiger partial charge in [-0.05, 0) is 31.5 Å². The number of pyridine rings is 1. The number of nitrogens with zero attached hydrogens (tertiary/aromatic N) is 2. The van der Waals surface area contributed by atoms with E-state index >= 15 is 0 Å². The minimum absolute atomic E-state index is 0.140. The van der Waals surface area contributed by atoms with Crippen molar-refractivity contribution in [3.63, 3.8) is 0 Å². The molecule has 1 aromatic rings. The van der Waals surface area contributed by atoms with Crippen LogP contribution in [0.15, 0.2) is 23.4 Å². The number of likely N-dealkylation sites (N-methyl/N-ethyl adjacent to an activating group) is 1. The largest absolute Gasteiger partial charge is 0.313 e. The molecular formula is C12H18FN3O2S. The molecule has 0 aromatic carbocycles. The lowest BCUT2D eigenvalue weighted by Gasteiger charge is -2.23.